The Balaban J connectivity index is -0.000000220. The van der Waals surface area contributed by atoms with Gasteiger partial charge in [0.1, 0.15) is 40.5 Å². The maximum Gasteiger partial charge on any atom is 0.132 e. The maximum absolute atomic E-state index is 10.7. The summed E-state index contributed by atoms with van der Waals surface area (Å²) >= 11 is 0. The molecule has 630 valence electrons. The fourth-order valence-electron chi connectivity index (χ4n) is 11.6. The molecule has 0 heterocycles. The molecule has 0 aromatic rings. The maximum atomic E-state index is 10.7. The summed E-state index contributed by atoms with van der Waals surface area (Å²) in [6.07, 6.45) is 107. The van der Waals surface area contributed by atoms with Gasteiger partial charge in [0.25, 0.3) is 0 Å². The van der Waals surface area contributed by atoms with Gasteiger partial charge in [0.05, 0.1) is 0 Å². The highest BCUT2D eigenvalue weighted by atomic mass is 16.1. The number of allylic oxidation sites excluding steroid dienone is 12. The third-order valence-electron chi connectivity index (χ3n) is 19.1. The average molecular weight is 1500 g/mol. The van der Waals surface area contributed by atoms with Gasteiger partial charge >= 0.3 is 0 Å². The molecule has 0 saturated heterocycles. The van der Waals surface area contributed by atoms with Crippen molar-refractivity contribution in [2.75, 3.05) is 0 Å². The van der Waals surface area contributed by atoms with Crippen molar-refractivity contribution < 1.29 is 33.6 Å². The van der Waals surface area contributed by atoms with Crippen LogP contribution in [0.5, 0.6) is 0 Å². The van der Waals surface area contributed by atoms with E-state index in [1.54, 1.807) is 48.5 Å². The SMILES string of the molecule is CC/C=C/CCCCCCCCCC(C)=O.CC/C=C\CCCCCCCCCC(C)=O.CCC(C)C(C)=O.CCC/C=C\C=C\CCCCCCC(C)=O.CCCCCCCC/C=C\CCCCCC(C)=O.CCCCCCCC/C=C\CCCCCC(C)=O.CCCCCCCCCCCCCC(C)=O. The lowest BCUT2D eigenvalue weighted by Gasteiger charge is -2.01. The van der Waals surface area contributed by atoms with Crippen molar-refractivity contribution in [2.45, 2.75) is 521 Å². The van der Waals surface area contributed by atoms with Crippen LogP contribution in [-0.2, 0) is 33.6 Å². The third-order valence-corrected chi connectivity index (χ3v) is 19.1. The summed E-state index contributed by atoms with van der Waals surface area (Å²) in [5.74, 6) is 2.55. The fourth-order valence-corrected chi connectivity index (χ4v) is 11.6. The Kier molecular flexibility index (Phi) is 120. The lowest BCUT2D eigenvalue weighted by Crippen LogP contribution is -2.03. The number of carbonyl (C=O) groups excluding carboxylic acids is 7. The minimum absolute atomic E-state index is 0.264. The standard InChI is InChI=1S/2C17H32O.C15H30O.2C15H28O.C15H26O.C6H12O/c2*1-3-4-5-6-7-8-9-10-11-12-13-14-15-16-17(2)18;4*1-3-4-5-6-7-8-9-10-11-12-13-14-15(2)16;1-4-5(2)6(3)7/h2*10-11H,3-9,12-16H2,1-2H3;3-14H2,1-2H3;2*4-5H,3,6-14H2,1-2H3;5-8H,3-4,9-14H2,1-2H3;5H,4H2,1-3H3/b2*11-10-;;5-4+;5-4-;6-5-,8-7+;. The van der Waals surface area contributed by atoms with Crippen LogP contribution in [0.3, 0.4) is 0 Å². The van der Waals surface area contributed by atoms with E-state index in [0.717, 1.165) is 103 Å². The van der Waals surface area contributed by atoms with Crippen LogP contribution >= 0.6 is 0 Å². The molecule has 0 rings (SSSR count). The van der Waals surface area contributed by atoms with E-state index in [-0.39, 0.29) is 5.92 Å². The second kappa shape index (κ2) is 111. The van der Waals surface area contributed by atoms with Crippen LogP contribution in [0.2, 0.25) is 0 Å². The van der Waals surface area contributed by atoms with Gasteiger partial charge in [0, 0.05) is 44.4 Å². The van der Waals surface area contributed by atoms with Gasteiger partial charge < -0.3 is 28.8 Å². The highest BCUT2D eigenvalue weighted by Crippen LogP contribution is 2.16. The van der Waals surface area contributed by atoms with E-state index in [1.807, 2.05) is 13.8 Å². The fraction of sp³-hybridized carbons (Fsp3) is 0.810. The van der Waals surface area contributed by atoms with Gasteiger partial charge in [-0.05, 0) is 203 Å². The van der Waals surface area contributed by atoms with Crippen LogP contribution in [-0.4, -0.2) is 40.5 Å². The second-order valence-corrected chi connectivity index (χ2v) is 31.1. The summed E-state index contributed by atoms with van der Waals surface area (Å²) in [5.41, 5.74) is 0. The van der Waals surface area contributed by atoms with Gasteiger partial charge in [0.15, 0.2) is 0 Å². The highest BCUT2D eigenvalue weighted by molar-refractivity contribution is 5.78. The highest BCUT2D eigenvalue weighted by Gasteiger charge is 2.03. The number of hydrogen-bond donors (Lipinski definition) is 0. The van der Waals surface area contributed by atoms with Gasteiger partial charge in [-0.15, -0.1) is 0 Å². The van der Waals surface area contributed by atoms with Crippen LogP contribution in [0, 0.1) is 5.92 Å². The topological polar surface area (TPSA) is 119 Å². The van der Waals surface area contributed by atoms with Crippen molar-refractivity contribution in [3.63, 3.8) is 0 Å². The number of hydrogen-bond acceptors (Lipinski definition) is 7. The Bertz CT molecular complexity index is 1890. The smallest absolute Gasteiger partial charge is 0.132 e. The molecule has 7 nitrogen and oxygen atoms in total. The first kappa shape index (κ1) is 116. The minimum atomic E-state index is 0.264. The van der Waals surface area contributed by atoms with E-state index >= 15 is 0 Å². The normalized spacial score (nSPS) is 11.3. The zero-order chi connectivity index (χ0) is 81.1. The second-order valence-electron chi connectivity index (χ2n) is 31.1. The van der Waals surface area contributed by atoms with Crippen molar-refractivity contribution in [2.24, 2.45) is 5.92 Å². The first-order valence-corrected chi connectivity index (χ1v) is 46.2. The first-order chi connectivity index (χ1) is 51.8. The van der Waals surface area contributed by atoms with Gasteiger partial charge in [-0.1, -0.05) is 353 Å². The van der Waals surface area contributed by atoms with E-state index < -0.39 is 0 Å². The van der Waals surface area contributed by atoms with Gasteiger partial charge in [0.2, 0.25) is 0 Å². The molecule has 0 spiro atoms. The number of Topliss-reactive ketones (excluding diaryl/α,β-unsaturated/α-hetero) is 7. The Labute approximate surface area is 670 Å². The van der Waals surface area contributed by atoms with Gasteiger partial charge in [-0.25, -0.2) is 0 Å². The molecule has 1 unspecified atom stereocenters. The lowest BCUT2D eigenvalue weighted by molar-refractivity contribution is -0.120. The Morgan fingerprint density at radius 2 is 0.364 bits per heavy atom. The van der Waals surface area contributed by atoms with Crippen LogP contribution in [0.1, 0.15) is 521 Å². The minimum Gasteiger partial charge on any atom is -0.300 e. The summed E-state index contributed by atoms with van der Waals surface area (Å²) in [4.78, 5) is 74.6. The molecule has 7 heteroatoms. The van der Waals surface area contributed by atoms with Gasteiger partial charge in [-0.3, -0.25) is 4.79 Å². The molecule has 0 radical (unpaired) electrons. The zero-order valence-electron chi connectivity index (χ0n) is 74.8. The van der Waals surface area contributed by atoms with Crippen LogP contribution in [0.15, 0.2) is 72.9 Å². The molecule has 0 aromatic carbocycles. The molecule has 0 amide bonds. The van der Waals surface area contributed by atoms with Crippen molar-refractivity contribution in [1.29, 1.82) is 0 Å². The quantitative estimate of drug-likeness (QED) is 0.0338. The average Bonchev–Trinajstić information content (AvgIpc) is 2.33. The number of rotatable bonds is 72. The first-order valence-electron chi connectivity index (χ1n) is 46.2. The predicted octanol–water partition coefficient (Wildman–Crippen LogP) is 33.5. The Morgan fingerprint density at radius 1 is 0.196 bits per heavy atom. The summed E-state index contributed by atoms with van der Waals surface area (Å²) in [7, 11) is 0. The molecular weight excluding hydrogens is 1310 g/mol. The summed E-state index contributed by atoms with van der Waals surface area (Å²) in [6, 6.07) is 0. The molecule has 0 bridgehead atoms. The Morgan fingerprint density at radius 3 is 0.533 bits per heavy atom. The molecule has 107 heavy (non-hydrogen) atoms. The van der Waals surface area contributed by atoms with E-state index in [9.17, 15) is 33.6 Å². The van der Waals surface area contributed by atoms with E-state index in [2.05, 4.69) is 114 Å². The molecule has 0 fully saturated rings. The van der Waals surface area contributed by atoms with Gasteiger partial charge in [-0.2, -0.15) is 0 Å². The molecule has 0 aliphatic carbocycles. The summed E-state index contributed by atoms with van der Waals surface area (Å²) in [5, 5.41) is 0. The Hall–Kier alpha value is -3.87. The number of ketones is 7. The van der Waals surface area contributed by atoms with Crippen LogP contribution < -0.4 is 0 Å². The molecule has 0 N–H and O–H groups in total. The molecule has 1 atom stereocenters. The van der Waals surface area contributed by atoms with E-state index in [4.69, 9.17) is 0 Å². The van der Waals surface area contributed by atoms with Crippen molar-refractivity contribution in [3.05, 3.63) is 72.9 Å². The van der Waals surface area contributed by atoms with E-state index in [1.165, 1.54) is 315 Å². The predicted molar refractivity (Wildman–Crippen MR) is 479 cm³/mol. The summed E-state index contributed by atoms with van der Waals surface area (Å²) < 4.78 is 0. The van der Waals surface area contributed by atoms with Crippen molar-refractivity contribution in [3.8, 4) is 0 Å². The van der Waals surface area contributed by atoms with Crippen LogP contribution in [0.4, 0.5) is 0 Å². The monoisotopic (exact) mass is 1500 g/mol. The molecule has 0 aliphatic rings. The zero-order valence-corrected chi connectivity index (χ0v) is 74.8. The molecule has 0 aliphatic heterocycles. The molecule has 0 aromatic heterocycles. The summed E-state index contributed by atoms with van der Waals surface area (Å²) in [6.45, 7) is 29.0. The molecule has 0 saturated carbocycles. The van der Waals surface area contributed by atoms with Crippen molar-refractivity contribution >= 4 is 40.5 Å². The van der Waals surface area contributed by atoms with Crippen LogP contribution in [0.25, 0.3) is 0 Å². The number of carbonyl (C=O) groups is 7. The number of unbranched alkanes of at least 4 members (excludes halogenated alkanes) is 47. The largest absolute Gasteiger partial charge is 0.300 e. The van der Waals surface area contributed by atoms with E-state index in [0.29, 0.717) is 40.5 Å². The lowest BCUT2D eigenvalue weighted by atomic mass is 10.0. The molecular formula is C100H188O7. The third kappa shape index (κ3) is 145. The van der Waals surface area contributed by atoms with Crippen molar-refractivity contribution in [1.82, 2.24) is 0 Å².